The SMILES string of the molecule is COc1c(C=O)cc(Br)c(C2(O)CC2)c1OC. The Kier molecular flexibility index (Phi) is 3.14. The zero-order valence-corrected chi connectivity index (χ0v) is 11.2. The molecule has 0 spiro atoms. The van der Waals surface area contributed by atoms with E-state index >= 15 is 0 Å². The summed E-state index contributed by atoms with van der Waals surface area (Å²) in [4.78, 5) is 11.0. The molecule has 0 amide bonds. The summed E-state index contributed by atoms with van der Waals surface area (Å²) in [6.45, 7) is 0. The number of methoxy groups -OCH3 is 2. The fourth-order valence-corrected chi connectivity index (χ4v) is 2.72. The number of halogens is 1. The third-order valence-corrected chi connectivity index (χ3v) is 3.57. The largest absolute Gasteiger partial charge is 0.492 e. The van der Waals surface area contributed by atoms with Crippen LogP contribution in [0.25, 0.3) is 0 Å². The zero-order valence-electron chi connectivity index (χ0n) is 9.62. The van der Waals surface area contributed by atoms with Gasteiger partial charge in [0.25, 0.3) is 0 Å². The quantitative estimate of drug-likeness (QED) is 0.867. The van der Waals surface area contributed by atoms with Crippen LogP contribution in [0.5, 0.6) is 11.5 Å². The van der Waals surface area contributed by atoms with Crippen LogP contribution < -0.4 is 9.47 Å². The Morgan fingerprint density at radius 3 is 2.35 bits per heavy atom. The first-order valence-electron chi connectivity index (χ1n) is 5.20. The van der Waals surface area contributed by atoms with Crippen LogP contribution in [0.1, 0.15) is 28.8 Å². The van der Waals surface area contributed by atoms with Gasteiger partial charge in [0.1, 0.15) is 0 Å². The van der Waals surface area contributed by atoms with E-state index < -0.39 is 5.60 Å². The third-order valence-electron chi connectivity index (χ3n) is 2.94. The number of aliphatic hydroxyl groups is 1. The topological polar surface area (TPSA) is 55.8 Å². The predicted octanol–water partition coefficient (Wildman–Crippen LogP) is 2.26. The molecule has 0 heterocycles. The Hall–Kier alpha value is -1.07. The molecule has 0 unspecified atom stereocenters. The van der Waals surface area contributed by atoms with Crippen LogP contribution in [0.4, 0.5) is 0 Å². The van der Waals surface area contributed by atoms with Gasteiger partial charge in [0.15, 0.2) is 17.8 Å². The number of carbonyl (C=O) groups is 1. The maximum Gasteiger partial charge on any atom is 0.171 e. The highest BCUT2D eigenvalue weighted by Crippen LogP contribution is 2.54. The number of rotatable bonds is 4. The van der Waals surface area contributed by atoms with Crippen LogP contribution in [-0.4, -0.2) is 25.6 Å². The first-order valence-corrected chi connectivity index (χ1v) is 5.99. The van der Waals surface area contributed by atoms with Crippen molar-refractivity contribution in [1.82, 2.24) is 0 Å². The summed E-state index contributed by atoms with van der Waals surface area (Å²) in [7, 11) is 2.97. The molecule has 0 saturated heterocycles. The molecule has 0 aromatic heterocycles. The molecule has 17 heavy (non-hydrogen) atoms. The predicted molar refractivity (Wildman–Crippen MR) is 65.8 cm³/mol. The van der Waals surface area contributed by atoms with Gasteiger partial charge >= 0.3 is 0 Å². The lowest BCUT2D eigenvalue weighted by molar-refractivity contribution is 0.111. The lowest BCUT2D eigenvalue weighted by Crippen LogP contribution is -2.10. The van der Waals surface area contributed by atoms with Crippen LogP contribution in [0.15, 0.2) is 10.5 Å². The third kappa shape index (κ3) is 1.93. The van der Waals surface area contributed by atoms with E-state index in [1.165, 1.54) is 14.2 Å². The van der Waals surface area contributed by atoms with Crippen molar-refractivity contribution in [3.63, 3.8) is 0 Å². The van der Waals surface area contributed by atoms with Gasteiger partial charge in [0.2, 0.25) is 0 Å². The van der Waals surface area contributed by atoms with E-state index in [4.69, 9.17) is 9.47 Å². The summed E-state index contributed by atoms with van der Waals surface area (Å²) in [5.41, 5.74) is 0.186. The van der Waals surface area contributed by atoms with E-state index in [0.29, 0.717) is 46.2 Å². The summed E-state index contributed by atoms with van der Waals surface area (Å²) in [5.74, 6) is 0.782. The summed E-state index contributed by atoms with van der Waals surface area (Å²) in [5, 5.41) is 10.2. The van der Waals surface area contributed by atoms with Crippen molar-refractivity contribution in [3.8, 4) is 11.5 Å². The van der Waals surface area contributed by atoms with Crippen molar-refractivity contribution >= 4 is 22.2 Å². The molecular formula is C12H13BrO4. The summed E-state index contributed by atoms with van der Waals surface area (Å²) >= 11 is 3.36. The van der Waals surface area contributed by atoms with E-state index in [-0.39, 0.29) is 0 Å². The van der Waals surface area contributed by atoms with Gasteiger partial charge in [-0.1, -0.05) is 15.9 Å². The number of hydrogen-bond donors (Lipinski definition) is 1. The molecule has 0 aliphatic heterocycles. The molecule has 92 valence electrons. The van der Waals surface area contributed by atoms with E-state index in [2.05, 4.69) is 15.9 Å². The second kappa shape index (κ2) is 4.31. The van der Waals surface area contributed by atoms with Crippen LogP contribution in [0, 0.1) is 0 Å². The summed E-state index contributed by atoms with van der Waals surface area (Å²) in [6.07, 6.45) is 2.07. The van der Waals surface area contributed by atoms with Crippen molar-refractivity contribution in [3.05, 3.63) is 21.7 Å². The highest BCUT2D eigenvalue weighted by molar-refractivity contribution is 9.10. The van der Waals surface area contributed by atoms with E-state index in [0.717, 1.165) is 0 Å². The molecular weight excluding hydrogens is 288 g/mol. The van der Waals surface area contributed by atoms with Gasteiger partial charge in [0.05, 0.1) is 25.4 Å². The molecule has 1 fully saturated rings. The minimum Gasteiger partial charge on any atom is -0.492 e. The molecule has 1 aromatic rings. The molecule has 1 aliphatic rings. The van der Waals surface area contributed by atoms with E-state index in [9.17, 15) is 9.90 Å². The van der Waals surface area contributed by atoms with Gasteiger partial charge in [-0.3, -0.25) is 4.79 Å². The summed E-state index contributed by atoms with van der Waals surface area (Å²) in [6, 6.07) is 1.64. The molecule has 0 bridgehead atoms. The Labute approximate surface area is 108 Å². The Morgan fingerprint density at radius 1 is 1.35 bits per heavy atom. The first-order chi connectivity index (χ1) is 8.07. The Morgan fingerprint density at radius 2 is 1.94 bits per heavy atom. The lowest BCUT2D eigenvalue weighted by Gasteiger charge is -2.19. The highest BCUT2D eigenvalue weighted by Gasteiger charge is 2.46. The molecule has 2 rings (SSSR count). The van der Waals surface area contributed by atoms with Gasteiger partial charge < -0.3 is 14.6 Å². The molecule has 0 atom stereocenters. The number of carbonyl (C=O) groups excluding carboxylic acids is 1. The number of benzene rings is 1. The Bertz CT molecular complexity index is 466. The van der Waals surface area contributed by atoms with Gasteiger partial charge in [-0.05, 0) is 18.9 Å². The van der Waals surface area contributed by atoms with Crippen LogP contribution in [-0.2, 0) is 5.60 Å². The second-order valence-electron chi connectivity index (χ2n) is 4.04. The van der Waals surface area contributed by atoms with Gasteiger partial charge in [0, 0.05) is 10.0 Å². The smallest absolute Gasteiger partial charge is 0.171 e. The Balaban J connectivity index is 2.70. The van der Waals surface area contributed by atoms with Crippen molar-refractivity contribution in [2.24, 2.45) is 0 Å². The normalized spacial score (nSPS) is 16.5. The summed E-state index contributed by atoms with van der Waals surface area (Å²) < 4.78 is 11.1. The maximum absolute atomic E-state index is 11.0. The second-order valence-corrected chi connectivity index (χ2v) is 4.89. The van der Waals surface area contributed by atoms with Crippen molar-refractivity contribution in [2.45, 2.75) is 18.4 Å². The molecule has 1 aromatic carbocycles. The van der Waals surface area contributed by atoms with E-state index in [1.54, 1.807) is 6.07 Å². The zero-order chi connectivity index (χ0) is 12.6. The fraction of sp³-hybridized carbons (Fsp3) is 0.417. The van der Waals surface area contributed by atoms with Crippen molar-refractivity contribution in [2.75, 3.05) is 14.2 Å². The van der Waals surface area contributed by atoms with E-state index in [1.807, 2.05) is 0 Å². The van der Waals surface area contributed by atoms with Crippen LogP contribution in [0.3, 0.4) is 0 Å². The maximum atomic E-state index is 11.0. The number of aldehydes is 1. The molecule has 5 heteroatoms. The fourth-order valence-electron chi connectivity index (χ4n) is 1.92. The average molecular weight is 301 g/mol. The number of hydrogen-bond acceptors (Lipinski definition) is 4. The molecule has 1 saturated carbocycles. The van der Waals surface area contributed by atoms with Gasteiger partial charge in [-0.15, -0.1) is 0 Å². The highest BCUT2D eigenvalue weighted by atomic mass is 79.9. The molecule has 1 aliphatic carbocycles. The lowest BCUT2D eigenvalue weighted by atomic mass is 10.0. The van der Waals surface area contributed by atoms with Gasteiger partial charge in [-0.2, -0.15) is 0 Å². The first kappa shape index (κ1) is 12.4. The van der Waals surface area contributed by atoms with Crippen LogP contribution >= 0.6 is 15.9 Å². The van der Waals surface area contributed by atoms with Gasteiger partial charge in [-0.25, -0.2) is 0 Å². The average Bonchev–Trinajstić information content (AvgIpc) is 3.06. The number of ether oxygens (including phenoxy) is 2. The minimum absolute atomic E-state index is 0.362. The molecule has 4 nitrogen and oxygen atoms in total. The van der Waals surface area contributed by atoms with Crippen molar-refractivity contribution in [1.29, 1.82) is 0 Å². The monoisotopic (exact) mass is 300 g/mol. The molecule has 1 N–H and O–H groups in total. The van der Waals surface area contributed by atoms with Crippen molar-refractivity contribution < 1.29 is 19.4 Å². The standard InChI is InChI=1S/C12H13BrO4/c1-16-10-7(6-14)5-8(13)9(11(10)17-2)12(15)3-4-12/h5-6,15H,3-4H2,1-2H3. The van der Waals surface area contributed by atoms with Crippen LogP contribution in [0.2, 0.25) is 0 Å². The molecule has 0 radical (unpaired) electrons. The minimum atomic E-state index is -0.862.